The molecule has 0 unspecified atom stereocenters. The lowest BCUT2D eigenvalue weighted by molar-refractivity contribution is -0.116. The van der Waals surface area contributed by atoms with Crippen LogP contribution >= 0.6 is 0 Å². The van der Waals surface area contributed by atoms with Gasteiger partial charge in [0.05, 0.1) is 30.8 Å². The van der Waals surface area contributed by atoms with Crippen molar-refractivity contribution in [3.8, 4) is 17.2 Å². The van der Waals surface area contributed by atoms with E-state index < -0.39 is 17.2 Å². The van der Waals surface area contributed by atoms with Gasteiger partial charge in [0.1, 0.15) is 6.54 Å². The van der Waals surface area contributed by atoms with Gasteiger partial charge in [-0.15, -0.1) is 0 Å². The third-order valence-corrected chi connectivity index (χ3v) is 5.58. The van der Waals surface area contributed by atoms with Crippen LogP contribution in [0.3, 0.4) is 0 Å². The number of fused-ring (bicyclic) bond motifs is 1. The number of hydrogen-bond donors (Lipinski definition) is 1. The molecule has 0 spiro atoms. The molecule has 0 aliphatic rings. The molecule has 1 aromatic heterocycles. The Morgan fingerprint density at radius 2 is 1.41 bits per heavy atom. The number of rotatable bonds is 6. The Hall–Kier alpha value is -4.33. The van der Waals surface area contributed by atoms with E-state index in [2.05, 4.69) is 5.32 Å². The first kappa shape index (κ1) is 22.8. The maximum Gasteiger partial charge on any atom is 0.336 e. The minimum Gasteiger partial charge on any atom is -0.493 e. The highest BCUT2D eigenvalue weighted by Crippen LogP contribution is 2.30. The van der Waals surface area contributed by atoms with Gasteiger partial charge in [0, 0.05) is 11.8 Å². The molecule has 34 heavy (non-hydrogen) atoms. The second kappa shape index (κ2) is 9.27. The zero-order valence-electron chi connectivity index (χ0n) is 19.4. The first-order valence-electron chi connectivity index (χ1n) is 10.7. The minimum atomic E-state index is -0.632. The van der Waals surface area contributed by atoms with E-state index >= 15 is 0 Å². The number of aromatic nitrogens is 2. The molecule has 8 nitrogen and oxygen atoms in total. The fraction of sp³-hybridized carbons (Fsp3) is 0.192. The van der Waals surface area contributed by atoms with Gasteiger partial charge in [0.2, 0.25) is 5.91 Å². The van der Waals surface area contributed by atoms with Crippen LogP contribution in [0.4, 0.5) is 5.69 Å². The lowest BCUT2D eigenvalue weighted by Gasteiger charge is -2.16. The molecule has 174 valence electrons. The van der Waals surface area contributed by atoms with Crippen molar-refractivity contribution in [2.45, 2.75) is 20.4 Å². The monoisotopic (exact) mass is 459 g/mol. The number of methoxy groups -OCH3 is 2. The smallest absolute Gasteiger partial charge is 0.336 e. The Bertz CT molecular complexity index is 1480. The number of amides is 1. The number of anilines is 1. The van der Waals surface area contributed by atoms with Crippen molar-refractivity contribution in [2.24, 2.45) is 0 Å². The molecule has 8 heteroatoms. The van der Waals surface area contributed by atoms with Gasteiger partial charge in [-0.2, -0.15) is 0 Å². The van der Waals surface area contributed by atoms with E-state index in [1.54, 1.807) is 24.3 Å². The van der Waals surface area contributed by atoms with Crippen LogP contribution in [-0.4, -0.2) is 29.3 Å². The number of hydrogen-bond acceptors (Lipinski definition) is 5. The summed E-state index contributed by atoms with van der Waals surface area (Å²) in [5.74, 6) is 0.280. The molecule has 0 atom stereocenters. The summed E-state index contributed by atoms with van der Waals surface area (Å²) in [5, 5.41) is 3.02. The third-order valence-electron chi connectivity index (χ3n) is 5.58. The Balaban J connectivity index is 1.91. The molecule has 4 rings (SSSR count). The van der Waals surface area contributed by atoms with Crippen molar-refractivity contribution in [3.05, 3.63) is 92.6 Å². The van der Waals surface area contributed by atoms with E-state index in [9.17, 15) is 14.4 Å². The van der Waals surface area contributed by atoms with Crippen molar-refractivity contribution in [3.63, 3.8) is 0 Å². The Morgan fingerprint density at radius 1 is 0.853 bits per heavy atom. The van der Waals surface area contributed by atoms with Gasteiger partial charge in [-0.3, -0.25) is 14.2 Å². The molecular formula is C26H25N3O5. The maximum absolute atomic E-state index is 13.5. The standard InChI is InChI=1S/C26H25N3O5/c1-16-5-9-18(10-6-16)27-24(30)15-28-21-14-23(34-4)22(33-3)13-20(21)25(31)29(26(28)32)19-11-7-17(2)8-12-19/h5-14H,15H2,1-4H3,(H,27,30). The highest BCUT2D eigenvalue weighted by molar-refractivity contribution is 5.92. The first-order valence-corrected chi connectivity index (χ1v) is 10.7. The molecule has 0 radical (unpaired) electrons. The maximum atomic E-state index is 13.5. The lowest BCUT2D eigenvalue weighted by atomic mass is 10.2. The summed E-state index contributed by atoms with van der Waals surface area (Å²) < 4.78 is 13.1. The normalized spacial score (nSPS) is 10.8. The minimum absolute atomic E-state index is 0.223. The van der Waals surface area contributed by atoms with E-state index in [1.807, 2.05) is 38.1 Å². The summed E-state index contributed by atoms with van der Waals surface area (Å²) >= 11 is 0. The van der Waals surface area contributed by atoms with Crippen LogP contribution in [-0.2, 0) is 11.3 Å². The lowest BCUT2D eigenvalue weighted by Crippen LogP contribution is -2.40. The number of aryl methyl sites for hydroxylation is 2. The topological polar surface area (TPSA) is 91.6 Å². The van der Waals surface area contributed by atoms with Crippen molar-refractivity contribution in [2.75, 3.05) is 19.5 Å². The Kier molecular flexibility index (Phi) is 6.23. The molecule has 0 aliphatic heterocycles. The Labute approximate surface area is 196 Å². The van der Waals surface area contributed by atoms with Crippen LogP contribution in [0.25, 0.3) is 16.6 Å². The van der Waals surface area contributed by atoms with Crippen LogP contribution in [0.1, 0.15) is 11.1 Å². The van der Waals surface area contributed by atoms with Gasteiger partial charge in [-0.1, -0.05) is 35.4 Å². The first-order chi connectivity index (χ1) is 16.3. The quantitative estimate of drug-likeness (QED) is 0.477. The molecule has 0 fully saturated rings. The van der Waals surface area contributed by atoms with Gasteiger partial charge >= 0.3 is 5.69 Å². The van der Waals surface area contributed by atoms with Gasteiger partial charge in [-0.25, -0.2) is 9.36 Å². The molecule has 0 bridgehead atoms. The van der Waals surface area contributed by atoms with Crippen LogP contribution in [0.5, 0.6) is 11.5 Å². The van der Waals surface area contributed by atoms with E-state index in [0.29, 0.717) is 22.9 Å². The summed E-state index contributed by atoms with van der Waals surface area (Å²) in [5.41, 5.74) is 2.19. The van der Waals surface area contributed by atoms with Gasteiger partial charge in [-0.05, 0) is 44.2 Å². The van der Waals surface area contributed by atoms with Crippen LogP contribution in [0.15, 0.2) is 70.3 Å². The number of nitrogens with zero attached hydrogens (tertiary/aromatic N) is 2. The van der Waals surface area contributed by atoms with E-state index in [4.69, 9.17) is 9.47 Å². The molecule has 1 N–H and O–H groups in total. The van der Waals surface area contributed by atoms with Crippen LogP contribution in [0.2, 0.25) is 0 Å². The summed E-state index contributed by atoms with van der Waals surface area (Å²) in [7, 11) is 2.93. The molecule has 3 aromatic carbocycles. The zero-order chi connectivity index (χ0) is 24.4. The molecular weight excluding hydrogens is 434 g/mol. The molecule has 1 heterocycles. The number of ether oxygens (including phenoxy) is 2. The predicted molar refractivity (Wildman–Crippen MR) is 131 cm³/mol. The van der Waals surface area contributed by atoms with E-state index in [-0.39, 0.29) is 17.4 Å². The van der Waals surface area contributed by atoms with Crippen molar-refractivity contribution in [1.82, 2.24) is 9.13 Å². The summed E-state index contributed by atoms with van der Waals surface area (Å²) in [6, 6.07) is 17.4. The average Bonchev–Trinajstić information content (AvgIpc) is 2.83. The molecule has 0 saturated carbocycles. The highest BCUT2D eigenvalue weighted by atomic mass is 16.5. The predicted octanol–water partition coefficient (Wildman–Crippen LogP) is 3.43. The Morgan fingerprint density at radius 3 is 2.00 bits per heavy atom. The fourth-order valence-corrected chi connectivity index (χ4v) is 3.75. The summed E-state index contributed by atoms with van der Waals surface area (Å²) in [6.07, 6.45) is 0. The molecule has 4 aromatic rings. The second-order valence-electron chi connectivity index (χ2n) is 7.98. The average molecular weight is 460 g/mol. The molecule has 0 aliphatic carbocycles. The van der Waals surface area contributed by atoms with Crippen LogP contribution < -0.4 is 26.0 Å². The number of nitrogens with one attached hydrogen (secondary N) is 1. The summed E-state index contributed by atoms with van der Waals surface area (Å²) in [4.78, 5) is 39.9. The number of carbonyl (C=O) groups excluding carboxylic acids is 1. The van der Waals surface area contributed by atoms with Crippen molar-refractivity contribution < 1.29 is 14.3 Å². The summed E-state index contributed by atoms with van der Waals surface area (Å²) in [6.45, 7) is 3.57. The van der Waals surface area contributed by atoms with Crippen LogP contribution in [0, 0.1) is 13.8 Å². The highest BCUT2D eigenvalue weighted by Gasteiger charge is 2.19. The van der Waals surface area contributed by atoms with E-state index in [0.717, 1.165) is 15.7 Å². The third kappa shape index (κ3) is 4.30. The molecule has 1 amide bonds. The van der Waals surface area contributed by atoms with Gasteiger partial charge in [0.15, 0.2) is 11.5 Å². The second-order valence-corrected chi connectivity index (χ2v) is 7.98. The van der Waals surface area contributed by atoms with E-state index in [1.165, 1.54) is 30.9 Å². The largest absolute Gasteiger partial charge is 0.493 e. The number of benzene rings is 3. The van der Waals surface area contributed by atoms with Crippen molar-refractivity contribution >= 4 is 22.5 Å². The van der Waals surface area contributed by atoms with Gasteiger partial charge < -0.3 is 14.8 Å². The number of carbonyl (C=O) groups is 1. The SMILES string of the molecule is COc1cc2c(=O)n(-c3ccc(C)cc3)c(=O)n(CC(=O)Nc3ccc(C)cc3)c2cc1OC. The fourth-order valence-electron chi connectivity index (χ4n) is 3.75. The molecule has 0 saturated heterocycles. The zero-order valence-corrected chi connectivity index (χ0v) is 19.4. The van der Waals surface area contributed by atoms with Gasteiger partial charge in [0.25, 0.3) is 5.56 Å². The van der Waals surface area contributed by atoms with Crippen molar-refractivity contribution in [1.29, 1.82) is 0 Å².